The molecule has 100 valence electrons. The summed E-state index contributed by atoms with van der Waals surface area (Å²) in [6.07, 6.45) is -0.760. The van der Waals surface area contributed by atoms with E-state index in [2.05, 4.69) is 10.6 Å². The highest BCUT2D eigenvalue weighted by molar-refractivity contribution is 6.22. The van der Waals surface area contributed by atoms with Crippen LogP contribution in [0.15, 0.2) is 18.2 Å². The molecule has 0 saturated carbocycles. The Labute approximate surface area is 109 Å². The lowest BCUT2D eigenvalue weighted by Crippen LogP contribution is -2.35. The van der Waals surface area contributed by atoms with Gasteiger partial charge in [-0.25, -0.2) is 0 Å². The van der Waals surface area contributed by atoms with Crippen LogP contribution in [-0.2, 0) is 9.53 Å². The van der Waals surface area contributed by atoms with Crippen molar-refractivity contribution in [3.05, 3.63) is 29.3 Å². The predicted octanol–water partition coefficient (Wildman–Crippen LogP) is -0.518. The molecule has 0 aromatic heterocycles. The maximum atomic E-state index is 11.7. The molecule has 2 rings (SSSR count). The first-order valence-electron chi connectivity index (χ1n) is 5.60. The van der Waals surface area contributed by atoms with Gasteiger partial charge in [-0.2, -0.15) is 0 Å². The van der Waals surface area contributed by atoms with Crippen molar-refractivity contribution >= 4 is 23.4 Å². The van der Waals surface area contributed by atoms with Gasteiger partial charge in [0, 0.05) is 19.3 Å². The summed E-state index contributed by atoms with van der Waals surface area (Å²) in [5.74, 6) is -1.32. The summed E-state index contributed by atoms with van der Waals surface area (Å²) >= 11 is 0. The molecular weight excluding hydrogens is 250 g/mol. The maximum Gasteiger partial charge on any atom is 0.259 e. The van der Waals surface area contributed by atoms with Gasteiger partial charge < -0.3 is 15.8 Å². The first-order valence-corrected chi connectivity index (χ1v) is 5.60. The van der Waals surface area contributed by atoms with Crippen molar-refractivity contribution in [1.29, 1.82) is 0 Å². The Balaban J connectivity index is 2.20. The van der Waals surface area contributed by atoms with Gasteiger partial charge in [0.25, 0.3) is 17.7 Å². The van der Waals surface area contributed by atoms with Crippen molar-refractivity contribution in [2.24, 2.45) is 5.73 Å². The Morgan fingerprint density at radius 3 is 2.68 bits per heavy atom. The van der Waals surface area contributed by atoms with Crippen LogP contribution in [0.2, 0.25) is 0 Å². The van der Waals surface area contributed by atoms with Gasteiger partial charge in [0.1, 0.15) is 6.10 Å². The third kappa shape index (κ3) is 2.47. The third-order valence-electron chi connectivity index (χ3n) is 2.79. The lowest BCUT2D eigenvalue weighted by molar-refractivity contribution is -0.125. The molecule has 1 aliphatic heterocycles. The minimum absolute atomic E-state index is 0.0479. The summed E-state index contributed by atoms with van der Waals surface area (Å²) in [7, 11) is 1.38. The standard InChI is InChI=1S/C12H13N3O4/c1-19-9(5-13)12(18)14-6-2-3-7-8(4-6)11(17)15-10(7)16/h2-4,9H,5,13H2,1H3,(H,14,18)(H,15,16,17). The molecule has 0 saturated heterocycles. The Morgan fingerprint density at radius 2 is 2.05 bits per heavy atom. The van der Waals surface area contributed by atoms with Crippen LogP contribution in [-0.4, -0.2) is 37.5 Å². The summed E-state index contributed by atoms with van der Waals surface area (Å²) in [5, 5.41) is 4.75. The van der Waals surface area contributed by atoms with E-state index in [1.807, 2.05) is 0 Å². The molecule has 0 bridgehead atoms. The number of nitrogens with two attached hydrogens (primary N) is 1. The van der Waals surface area contributed by atoms with E-state index in [0.29, 0.717) is 11.3 Å². The second-order valence-corrected chi connectivity index (χ2v) is 3.99. The maximum absolute atomic E-state index is 11.7. The lowest BCUT2D eigenvalue weighted by atomic mass is 10.1. The van der Waals surface area contributed by atoms with Gasteiger partial charge in [-0.05, 0) is 18.2 Å². The monoisotopic (exact) mass is 263 g/mol. The van der Waals surface area contributed by atoms with Gasteiger partial charge in [0.15, 0.2) is 0 Å². The number of methoxy groups -OCH3 is 1. The summed E-state index contributed by atoms with van der Waals surface area (Å²) in [6.45, 7) is 0.0479. The molecule has 1 aromatic rings. The Bertz CT molecular complexity index is 552. The highest BCUT2D eigenvalue weighted by Gasteiger charge is 2.27. The molecule has 1 heterocycles. The molecule has 0 radical (unpaired) electrons. The van der Waals surface area contributed by atoms with Gasteiger partial charge in [-0.15, -0.1) is 0 Å². The number of fused-ring (bicyclic) bond motifs is 1. The number of ether oxygens (including phenoxy) is 1. The summed E-state index contributed by atoms with van der Waals surface area (Å²) < 4.78 is 4.89. The minimum Gasteiger partial charge on any atom is -0.370 e. The van der Waals surface area contributed by atoms with Crippen molar-refractivity contribution in [2.45, 2.75) is 6.10 Å². The Morgan fingerprint density at radius 1 is 1.37 bits per heavy atom. The molecule has 1 atom stereocenters. The summed E-state index contributed by atoms with van der Waals surface area (Å²) in [5.41, 5.74) is 6.32. The molecule has 3 amide bonds. The van der Waals surface area contributed by atoms with E-state index in [1.165, 1.54) is 25.3 Å². The zero-order chi connectivity index (χ0) is 14.0. The molecule has 4 N–H and O–H groups in total. The summed E-state index contributed by atoms with van der Waals surface area (Å²) in [4.78, 5) is 34.6. The van der Waals surface area contributed by atoms with Crippen molar-refractivity contribution in [3.63, 3.8) is 0 Å². The highest BCUT2D eigenvalue weighted by Crippen LogP contribution is 2.20. The van der Waals surface area contributed by atoms with Crippen molar-refractivity contribution < 1.29 is 19.1 Å². The van der Waals surface area contributed by atoms with E-state index in [0.717, 1.165) is 0 Å². The van der Waals surface area contributed by atoms with E-state index in [9.17, 15) is 14.4 Å². The van der Waals surface area contributed by atoms with Gasteiger partial charge >= 0.3 is 0 Å². The van der Waals surface area contributed by atoms with E-state index in [4.69, 9.17) is 10.5 Å². The number of anilines is 1. The highest BCUT2D eigenvalue weighted by atomic mass is 16.5. The van der Waals surface area contributed by atoms with Crippen molar-refractivity contribution in [3.8, 4) is 0 Å². The molecule has 19 heavy (non-hydrogen) atoms. The molecule has 7 nitrogen and oxygen atoms in total. The number of nitrogens with one attached hydrogen (secondary N) is 2. The smallest absolute Gasteiger partial charge is 0.259 e. The molecule has 0 spiro atoms. The van der Waals surface area contributed by atoms with E-state index < -0.39 is 23.8 Å². The number of hydrogen-bond donors (Lipinski definition) is 3. The number of carbonyl (C=O) groups excluding carboxylic acids is 3. The Kier molecular flexibility index (Phi) is 3.59. The van der Waals surface area contributed by atoms with Crippen LogP contribution >= 0.6 is 0 Å². The van der Waals surface area contributed by atoms with Gasteiger partial charge in [-0.1, -0.05) is 0 Å². The van der Waals surface area contributed by atoms with Crippen LogP contribution in [0.4, 0.5) is 5.69 Å². The minimum atomic E-state index is -0.760. The van der Waals surface area contributed by atoms with Crippen molar-refractivity contribution in [1.82, 2.24) is 5.32 Å². The number of carbonyl (C=O) groups is 3. The van der Waals surface area contributed by atoms with Gasteiger partial charge in [-0.3, -0.25) is 19.7 Å². The van der Waals surface area contributed by atoms with Crippen LogP contribution in [0.25, 0.3) is 0 Å². The predicted molar refractivity (Wildman–Crippen MR) is 66.7 cm³/mol. The second-order valence-electron chi connectivity index (χ2n) is 3.99. The topological polar surface area (TPSA) is 111 Å². The fourth-order valence-corrected chi connectivity index (χ4v) is 1.78. The number of rotatable bonds is 4. The molecule has 0 fully saturated rings. The van der Waals surface area contributed by atoms with E-state index in [1.54, 1.807) is 0 Å². The average Bonchev–Trinajstić information content (AvgIpc) is 2.66. The quantitative estimate of drug-likeness (QED) is 0.633. The largest absolute Gasteiger partial charge is 0.370 e. The third-order valence-corrected chi connectivity index (χ3v) is 2.79. The fourth-order valence-electron chi connectivity index (χ4n) is 1.78. The first-order chi connectivity index (χ1) is 9.06. The molecular formula is C12H13N3O4. The van der Waals surface area contributed by atoms with Crippen LogP contribution < -0.4 is 16.4 Å². The number of imide groups is 1. The molecule has 7 heteroatoms. The van der Waals surface area contributed by atoms with Gasteiger partial charge in [0.2, 0.25) is 0 Å². The van der Waals surface area contributed by atoms with Gasteiger partial charge in [0.05, 0.1) is 11.1 Å². The number of hydrogen-bond acceptors (Lipinski definition) is 5. The van der Waals surface area contributed by atoms with Crippen LogP contribution in [0.5, 0.6) is 0 Å². The number of amides is 3. The van der Waals surface area contributed by atoms with E-state index >= 15 is 0 Å². The summed E-state index contributed by atoms with van der Waals surface area (Å²) in [6, 6.07) is 4.46. The Hall–Kier alpha value is -2.25. The zero-order valence-corrected chi connectivity index (χ0v) is 10.2. The molecule has 1 aliphatic rings. The van der Waals surface area contributed by atoms with Crippen LogP contribution in [0.3, 0.4) is 0 Å². The molecule has 1 unspecified atom stereocenters. The normalized spacial score (nSPS) is 14.8. The lowest BCUT2D eigenvalue weighted by Gasteiger charge is -2.13. The number of benzene rings is 1. The average molecular weight is 263 g/mol. The van der Waals surface area contributed by atoms with Crippen molar-refractivity contribution in [2.75, 3.05) is 19.0 Å². The van der Waals surface area contributed by atoms with Crippen LogP contribution in [0, 0.1) is 0 Å². The zero-order valence-electron chi connectivity index (χ0n) is 10.2. The fraction of sp³-hybridized carbons (Fsp3) is 0.250. The van der Waals surface area contributed by atoms with E-state index in [-0.39, 0.29) is 12.1 Å². The second kappa shape index (κ2) is 5.17. The first kappa shape index (κ1) is 13.2. The molecule has 1 aromatic carbocycles. The van der Waals surface area contributed by atoms with Crippen LogP contribution in [0.1, 0.15) is 20.7 Å². The molecule has 0 aliphatic carbocycles. The SMILES string of the molecule is COC(CN)C(=O)Nc1ccc2c(c1)C(=O)NC2=O.